The Morgan fingerprint density at radius 2 is 2.21 bits per heavy atom. The lowest BCUT2D eigenvalue weighted by Crippen LogP contribution is -2.47. The molecule has 0 aliphatic heterocycles. The van der Waals surface area contributed by atoms with E-state index in [2.05, 4.69) is 10.1 Å². The van der Waals surface area contributed by atoms with Gasteiger partial charge in [0.25, 0.3) is 0 Å². The fourth-order valence-corrected chi connectivity index (χ4v) is 2.60. The van der Waals surface area contributed by atoms with E-state index in [1.807, 2.05) is 20.8 Å². The molecular weight excluding hydrogens is 332 g/mol. The molecule has 8 heteroatoms. The molecule has 0 N–H and O–H groups in total. The highest BCUT2D eigenvalue weighted by Crippen LogP contribution is 2.31. The van der Waals surface area contributed by atoms with Crippen molar-refractivity contribution in [2.24, 2.45) is 5.92 Å². The molecule has 128 valence electrons. The van der Waals surface area contributed by atoms with Gasteiger partial charge in [-0.3, -0.25) is 9.69 Å². The van der Waals surface area contributed by atoms with Gasteiger partial charge in [0.1, 0.15) is 11.0 Å². The largest absolute Gasteiger partial charge is 0.449 e. The fraction of sp³-hybridized carbons (Fsp3) is 0.500. The summed E-state index contributed by atoms with van der Waals surface area (Å²) in [5, 5.41) is 4.34. The molecule has 2 aromatic rings. The molecule has 2 aromatic heterocycles. The van der Waals surface area contributed by atoms with Gasteiger partial charge >= 0.3 is 6.09 Å². The fourth-order valence-electron chi connectivity index (χ4n) is 2.43. The van der Waals surface area contributed by atoms with Gasteiger partial charge in [-0.25, -0.2) is 9.78 Å². The van der Waals surface area contributed by atoms with Crippen molar-refractivity contribution in [2.45, 2.75) is 39.2 Å². The van der Waals surface area contributed by atoms with Gasteiger partial charge in [0, 0.05) is 11.6 Å². The smallest absolute Gasteiger partial charge is 0.415 e. The molecule has 1 aliphatic carbocycles. The highest BCUT2D eigenvalue weighted by molar-refractivity contribution is 6.29. The predicted octanol–water partition coefficient (Wildman–Crippen LogP) is 3.35. The molecule has 0 saturated heterocycles. The summed E-state index contributed by atoms with van der Waals surface area (Å²) in [6.07, 6.45) is 3.76. The Balaban J connectivity index is 2.06. The lowest BCUT2D eigenvalue weighted by atomic mass is 10.1. The first-order chi connectivity index (χ1) is 11.3. The third-order valence-electron chi connectivity index (χ3n) is 3.80. The van der Waals surface area contributed by atoms with Crippen LogP contribution in [0.5, 0.6) is 0 Å². The molecule has 1 fully saturated rings. The van der Waals surface area contributed by atoms with Gasteiger partial charge in [0.15, 0.2) is 11.9 Å². The van der Waals surface area contributed by atoms with Crippen LogP contribution in [0, 0.1) is 5.92 Å². The van der Waals surface area contributed by atoms with Crippen LogP contribution in [-0.4, -0.2) is 39.1 Å². The SMILES string of the molecule is CC(C)(C)N(C(=O)OCC1CC1)c1cc(Cl)nc2c(C=O)cnn12. The lowest BCUT2D eigenvalue weighted by molar-refractivity contribution is 0.112. The number of fused-ring (bicyclic) bond motifs is 1. The summed E-state index contributed by atoms with van der Waals surface area (Å²) >= 11 is 6.10. The molecule has 1 amide bonds. The van der Waals surface area contributed by atoms with Gasteiger partial charge in [-0.05, 0) is 39.5 Å². The molecule has 0 bridgehead atoms. The molecule has 0 radical (unpaired) electrons. The number of anilines is 1. The van der Waals surface area contributed by atoms with Gasteiger partial charge in [-0.15, -0.1) is 0 Å². The zero-order valence-electron chi connectivity index (χ0n) is 13.8. The summed E-state index contributed by atoms with van der Waals surface area (Å²) in [7, 11) is 0. The number of carbonyl (C=O) groups is 2. The van der Waals surface area contributed by atoms with E-state index in [9.17, 15) is 9.59 Å². The van der Waals surface area contributed by atoms with Crippen LogP contribution in [0.15, 0.2) is 12.3 Å². The monoisotopic (exact) mass is 350 g/mol. The number of halogens is 1. The van der Waals surface area contributed by atoms with Crippen LogP contribution in [-0.2, 0) is 4.74 Å². The minimum absolute atomic E-state index is 0.172. The number of hydrogen-bond acceptors (Lipinski definition) is 5. The number of carbonyl (C=O) groups excluding carboxylic acids is 2. The number of ether oxygens (including phenoxy) is 1. The zero-order valence-corrected chi connectivity index (χ0v) is 14.6. The average Bonchev–Trinajstić information content (AvgIpc) is 3.22. The average molecular weight is 351 g/mol. The summed E-state index contributed by atoms with van der Waals surface area (Å²) in [6.45, 7) is 6.06. The molecule has 2 heterocycles. The van der Waals surface area contributed by atoms with Crippen molar-refractivity contribution in [1.82, 2.24) is 14.6 Å². The van der Waals surface area contributed by atoms with Crippen LogP contribution >= 0.6 is 11.6 Å². The van der Waals surface area contributed by atoms with E-state index in [1.165, 1.54) is 15.6 Å². The molecule has 0 unspecified atom stereocenters. The van der Waals surface area contributed by atoms with Gasteiger partial charge in [0.2, 0.25) is 0 Å². The maximum atomic E-state index is 12.7. The third kappa shape index (κ3) is 3.21. The summed E-state index contributed by atoms with van der Waals surface area (Å²) < 4.78 is 6.87. The predicted molar refractivity (Wildman–Crippen MR) is 89.7 cm³/mol. The van der Waals surface area contributed by atoms with Crippen LogP contribution in [0.3, 0.4) is 0 Å². The van der Waals surface area contributed by atoms with Crippen LogP contribution < -0.4 is 4.90 Å². The van der Waals surface area contributed by atoms with Crippen LogP contribution in [0.4, 0.5) is 10.6 Å². The van der Waals surface area contributed by atoms with Crippen molar-refractivity contribution in [2.75, 3.05) is 11.5 Å². The van der Waals surface area contributed by atoms with E-state index >= 15 is 0 Å². The van der Waals surface area contributed by atoms with E-state index in [0.717, 1.165) is 12.8 Å². The minimum Gasteiger partial charge on any atom is -0.449 e. The molecule has 7 nitrogen and oxygen atoms in total. The number of rotatable bonds is 4. The standard InChI is InChI=1S/C16H19ClN4O3/c1-16(2,3)20(15(23)24-9-10-4-5-10)13-6-12(17)19-14-11(8-22)7-18-21(13)14/h6-8,10H,4-5,9H2,1-3H3. The molecular formula is C16H19ClN4O3. The van der Waals surface area contributed by atoms with Gasteiger partial charge in [-0.2, -0.15) is 9.61 Å². The Morgan fingerprint density at radius 1 is 1.50 bits per heavy atom. The van der Waals surface area contributed by atoms with E-state index in [1.54, 1.807) is 6.07 Å². The first kappa shape index (κ1) is 16.7. The Bertz CT molecular complexity index is 792. The molecule has 24 heavy (non-hydrogen) atoms. The van der Waals surface area contributed by atoms with Crippen LogP contribution in [0.25, 0.3) is 5.65 Å². The topological polar surface area (TPSA) is 76.8 Å². The van der Waals surface area contributed by atoms with E-state index in [4.69, 9.17) is 16.3 Å². The molecule has 0 aromatic carbocycles. The maximum absolute atomic E-state index is 12.7. The summed E-state index contributed by atoms with van der Waals surface area (Å²) in [5.74, 6) is 0.870. The minimum atomic E-state index is -0.578. The van der Waals surface area contributed by atoms with Crippen molar-refractivity contribution in [3.05, 3.63) is 23.0 Å². The van der Waals surface area contributed by atoms with E-state index < -0.39 is 11.6 Å². The van der Waals surface area contributed by atoms with Crippen molar-refractivity contribution < 1.29 is 14.3 Å². The second-order valence-electron chi connectivity index (χ2n) is 6.92. The highest BCUT2D eigenvalue weighted by Gasteiger charge is 2.34. The van der Waals surface area contributed by atoms with Gasteiger partial charge in [0.05, 0.1) is 18.4 Å². The summed E-state index contributed by atoms with van der Waals surface area (Å²) in [6, 6.07) is 1.54. The Morgan fingerprint density at radius 3 is 2.79 bits per heavy atom. The van der Waals surface area contributed by atoms with E-state index in [-0.39, 0.29) is 5.15 Å². The first-order valence-corrected chi connectivity index (χ1v) is 8.15. The molecule has 1 saturated carbocycles. The van der Waals surface area contributed by atoms with Gasteiger partial charge in [-0.1, -0.05) is 11.6 Å². The molecule has 1 aliphatic rings. The molecule has 0 spiro atoms. The summed E-state index contributed by atoms with van der Waals surface area (Å²) in [5.41, 5.74) is 0.0293. The first-order valence-electron chi connectivity index (χ1n) is 7.77. The number of aromatic nitrogens is 3. The van der Waals surface area contributed by atoms with Crippen molar-refractivity contribution >= 4 is 35.4 Å². The Labute approximate surface area is 144 Å². The Hall–Kier alpha value is -2.15. The van der Waals surface area contributed by atoms with Crippen molar-refractivity contribution in [3.63, 3.8) is 0 Å². The number of hydrogen-bond donors (Lipinski definition) is 0. The molecule has 0 atom stereocenters. The number of amides is 1. The quantitative estimate of drug-likeness (QED) is 0.624. The number of aldehydes is 1. The normalized spacial score (nSPS) is 14.7. The lowest BCUT2D eigenvalue weighted by Gasteiger charge is -2.34. The second kappa shape index (κ2) is 6.05. The summed E-state index contributed by atoms with van der Waals surface area (Å²) in [4.78, 5) is 29.4. The Kier molecular flexibility index (Phi) is 4.21. The van der Waals surface area contributed by atoms with Crippen LogP contribution in [0.1, 0.15) is 44.0 Å². The number of nitrogens with zero attached hydrogens (tertiary/aromatic N) is 4. The van der Waals surface area contributed by atoms with Crippen LogP contribution in [0.2, 0.25) is 5.15 Å². The van der Waals surface area contributed by atoms with Crippen molar-refractivity contribution in [1.29, 1.82) is 0 Å². The van der Waals surface area contributed by atoms with E-state index in [0.29, 0.717) is 35.8 Å². The zero-order chi connectivity index (χ0) is 17.5. The highest BCUT2D eigenvalue weighted by atomic mass is 35.5. The second-order valence-corrected chi connectivity index (χ2v) is 7.30. The maximum Gasteiger partial charge on any atom is 0.415 e. The van der Waals surface area contributed by atoms with Crippen molar-refractivity contribution in [3.8, 4) is 0 Å². The van der Waals surface area contributed by atoms with Gasteiger partial charge < -0.3 is 4.74 Å². The molecule has 3 rings (SSSR count). The third-order valence-corrected chi connectivity index (χ3v) is 3.99.